The van der Waals surface area contributed by atoms with Crippen molar-refractivity contribution in [3.63, 3.8) is 0 Å². The summed E-state index contributed by atoms with van der Waals surface area (Å²) in [5, 5.41) is 3.61. The van der Waals surface area contributed by atoms with Gasteiger partial charge in [-0.05, 0) is 61.2 Å². The highest BCUT2D eigenvalue weighted by molar-refractivity contribution is 6.30. The first-order chi connectivity index (χ1) is 13.0. The molecule has 27 heavy (non-hydrogen) atoms. The molecule has 0 spiro atoms. The first-order valence-corrected chi connectivity index (χ1v) is 9.27. The second kappa shape index (κ2) is 10.7. The number of benzene rings is 2. The number of methoxy groups -OCH3 is 2. The standard InChI is InChI=1S/C21H26ClNO4/c1-15-11-17(22)6-7-20(15)27-10-4-9-23-21(24)8-5-16-12-18(25-2)14-19(13-16)26-3/h6-7,11-14H,4-5,8-10H2,1-3H3,(H,23,24). The summed E-state index contributed by atoms with van der Waals surface area (Å²) >= 11 is 5.93. The van der Waals surface area contributed by atoms with Gasteiger partial charge in [-0.15, -0.1) is 0 Å². The molecule has 0 aliphatic heterocycles. The Bertz CT molecular complexity index is 742. The Hall–Kier alpha value is -2.40. The van der Waals surface area contributed by atoms with Crippen LogP contribution in [0.3, 0.4) is 0 Å². The number of amides is 1. The summed E-state index contributed by atoms with van der Waals surface area (Å²) in [7, 11) is 3.22. The van der Waals surface area contributed by atoms with Crippen molar-refractivity contribution in [3.05, 3.63) is 52.5 Å². The molecule has 2 aromatic rings. The molecule has 0 saturated carbocycles. The highest BCUT2D eigenvalue weighted by Crippen LogP contribution is 2.23. The smallest absolute Gasteiger partial charge is 0.220 e. The number of aryl methyl sites for hydroxylation is 2. The lowest BCUT2D eigenvalue weighted by Gasteiger charge is -2.10. The van der Waals surface area contributed by atoms with E-state index in [1.165, 1.54) is 0 Å². The van der Waals surface area contributed by atoms with Gasteiger partial charge in [0.15, 0.2) is 0 Å². The van der Waals surface area contributed by atoms with Gasteiger partial charge in [-0.1, -0.05) is 11.6 Å². The Morgan fingerprint density at radius 3 is 2.41 bits per heavy atom. The maximum absolute atomic E-state index is 12.0. The average molecular weight is 392 g/mol. The Balaban J connectivity index is 1.68. The minimum atomic E-state index is 0.0134. The van der Waals surface area contributed by atoms with E-state index in [0.717, 1.165) is 34.8 Å². The van der Waals surface area contributed by atoms with Crippen LogP contribution in [0.5, 0.6) is 17.2 Å². The van der Waals surface area contributed by atoms with Crippen molar-refractivity contribution in [1.29, 1.82) is 0 Å². The van der Waals surface area contributed by atoms with Gasteiger partial charge in [0.2, 0.25) is 5.91 Å². The predicted octanol–water partition coefficient (Wildman–Crippen LogP) is 4.18. The van der Waals surface area contributed by atoms with E-state index in [0.29, 0.717) is 31.0 Å². The van der Waals surface area contributed by atoms with Crippen LogP contribution < -0.4 is 19.5 Å². The lowest BCUT2D eigenvalue weighted by atomic mass is 10.1. The fraction of sp³-hybridized carbons (Fsp3) is 0.381. The van der Waals surface area contributed by atoms with E-state index in [2.05, 4.69) is 5.32 Å². The zero-order chi connectivity index (χ0) is 19.6. The van der Waals surface area contributed by atoms with Crippen LogP contribution >= 0.6 is 11.6 Å². The summed E-state index contributed by atoms with van der Waals surface area (Å²) < 4.78 is 16.2. The van der Waals surface area contributed by atoms with E-state index in [1.54, 1.807) is 20.3 Å². The predicted molar refractivity (Wildman–Crippen MR) is 107 cm³/mol. The highest BCUT2D eigenvalue weighted by Gasteiger charge is 2.06. The third-order valence-corrected chi connectivity index (χ3v) is 4.32. The van der Waals surface area contributed by atoms with Crippen LogP contribution in [-0.4, -0.2) is 33.3 Å². The number of halogens is 1. The van der Waals surface area contributed by atoms with E-state index in [4.69, 9.17) is 25.8 Å². The van der Waals surface area contributed by atoms with Crippen molar-refractivity contribution >= 4 is 17.5 Å². The average Bonchev–Trinajstić information content (AvgIpc) is 2.67. The number of hydrogen-bond donors (Lipinski definition) is 1. The molecule has 0 radical (unpaired) electrons. The van der Waals surface area contributed by atoms with Crippen molar-refractivity contribution in [2.24, 2.45) is 0 Å². The third-order valence-electron chi connectivity index (χ3n) is 4.09. The number of nitrogens with one attached hydrogen (secondary N) is 1. The van der Waals surface area contributed by atoms with Gasteiger partial charge in [0.1, 0.15) is 17.2 Å². The maximum atomic E-state index is 12.0. The van der Waals surface area contributed by atoms with Crippen LogP contribution in [0, 0.1) is 6.92 Å². The molecule has 0 aliphatic carbocycles. The van der Waals surface area contributed by atoms with Crippen LogP contribution in [0.1, 0.15) is 24.0 Å². The normalized spacial score (nSPS) is 10.4. The van der Waals surface area contributed by atoms with Gasteiger partial charge in [-0.2, -0.15) is 0 Å². The first kappa shape index (κ1) is 20.9. The molecule has 1 N–H and O–H groups in total. The molecule has 0 aromatic heterocycles. The molecule has 6 heteroatoms. The van der Waals surface area contributed by atoms with E-state index < -0.39 is 0 Å². The molecule has 0 aliphatic rings. The molecule has 0 fully saturated rings. The summed E-state index contributed by atoms with van der Waals surface area (Å²) in [6.45, 7) is 3.07. The second-order valence-corrected chi connectivity index (χ2v) is 6.62. The topological polar surface area (TPSA) is 56.8 Å². The van der Waals surface area contributed by atoms with Crippen molar-refractivity contribution in [3.8, 4) is 17.2 Å². The molecule has 146 valence electrons. The number of carbonyl (C=O) groups is 1. The van der Waals surface area contributed by atoms with Crippen molar-refractivity contribution in [1.82, 2.24) is 5.32 Å². The Morgan fingerprint density at radius 1 is 1.07 bits per heavy atom. The van der Waals surface area contributed by atoms with Crippen LogP contribution in [0.25, 0.3) is 0 Å². The van der Waals surface area contributed by atoms with E-state index in [1.807, 2.05) is 37.3 Å². The zero-order valence-electron chi connectivity index (χ0n) is 16.0. The van der Waals surface area contributed by atoms with Gasteiger partial charge in [-0.3, -0.25) is 4.79 Å². The van der Waals surface area contributed by atoms with Crippen LogP contribution in [0.4, 0.5) is 0 Å². The molecule has 0 atom stereocenters. The van der Waals surface area contributed by atoms with Crippen LogP contribution in [-0.2, 0) is 11.2 Å². The molecule has 5 nitrogen and oxygen atoms in total. The number of carbonyl (C=O) groups excluding carboxylic acids is 1. The fourth-order valence-electron chi connectivity index (χ4n) is 2.61. The summed E-state index contributed by atoms with van der Waals surface area (Å²) in [5.74, 6) is 2.27. The SMILES string of the molecule is COc1cc(CCC(=O)NCCCOc2ccc(Cl)cc2C)cc(OC)c1. The summed E-state index contributed by atoms with van der Waals surface area (Å²) in [6, 6.07) is 11.2. The first-order valence-electron chi connectivity index (χ1n) is 8.89. The lowest BCUT2D eigenvalue weighted by molar-refractivity contribution is -0.121. The molecule has 1 amide bonds. The van der Waals surface area contributed by atoms with Gasteiger partial charge in [0.25, 0.3) is 0 Å². The molecule has 2 aromatic carbocycles. The molecule has 0 saturated heterocycles. The quantitative estimate of drug-likeness (QED) is 0.617. The van der Waals surface area contributed by atoms with Crippen LogP contribution in [0.15, 0.2) is 36.4 Å². The van der Waals surface area contributed by atoms with Crippen molar-refractivity contribution in [2.45, 2.75) is 26.2 Å². The Kier molecular flexibility index (Phi) is 8.27. The molecule has 0 unspecified atom stereocenters. The summed E-state index contributed by atoms with van der Waals surface area (Å²) in [5.41, 5.74) is 2.00. The second-order valence-electron chi connectivity index (χ2n) is 6.18. The van der Waals surface area contributed by atoms with Gasteiger partial charge < -0.3 is 19.5 Å². The maximum Gasteiger partial charge on any atom is 0.220 e. The van der Waals surface area contributed by atoms with Crippen molar-refractivity contribution < 1.29 is 19.0 Å². The number of hydrogen-bond acceptors (Lipinski definition) is 4. The monoisotopic (exact) mass is 391 g/mol. The van der Waals surface area contributed by atoms with E-state index >= 15 is 0 Å². The van der Waals surface area contributed by atoms with Crippen molar-refractivity contribution in [2.75, 3.05) is 27.4 Å². The molecule has 0 heterocycles. The number of ether oxygens (including phenoxy) is 3. The van der Waals surface area contributed by atoms with Gasteiger partial charge in [0.05, 0.1) is 20.8 Å². The Morgan fingerprint density at radius 2 is 1.78 bits per heavy atom. The summed E-state index contributed by atoms with van der Waals surface area (Å²) in [6.07, 6.45) is 1.77. The highest BCUT2D eigenvalue weighted by atomic mass is 35.5. The third kappa shape index (κ3) is 7.02. The molecule has 2 rings (SSSR count). The largest absolute Gasteiger partial charge is 0.497 e. The lowest BCUT2D eigenvalue weighted by Crippen LogP contribution is -2.25. The zero-order valence-corrected chi connectivity index (χ0v) is 16.8. The number of rotatable bonds is 10. The van der Waals surface area contributed by atoms with E-state index in [-0.39, 0.29) is 5.91 Å². The van der Waals surface area contributed by atoms with E-state index in [9.17, 15) is 4.79 Å². The van der Waals surface area contributed by atoms with Crippen LogP contribution in [0.2, 0.25) is 5.02 Å². The summed E-state index contributed by atoms with van der Waals surface area (Å²) in [4.78, 5) is 12.0. The Labute approximate surface area is 165 Å². The molecular weight excluding hydrogens is 366 g/mol. The molecular formula is C21H26ClNO4. The minimum Gasteiger partial charge on any atom is -0.497 e. The van der Waals surface area contributed by atoms with Gasteiger partial charge >= 0.3 is 0 Å². The minimum absolute atomic E-state index is 0.0134. The van der Waals surface area contributed by atoms with Gasteiger partial charge in [0, 0.05) is 24.1 Å². The fourth-order valence-corrected chi connectivity index (χ4v) is 2.84. The van der Waals surface area contributed by atoms with Gasteiger partial charge in [-0.25, -0.2) is 0 Å². The molecule has 0 bridgehead atoms.